The summed E-state index contributed by atoms with van der Waals surface area (Å²) >= 11 is 0. The Morgan fingerprint density at radius 2 is 1.96 bits per heavy atom. The third kappa shape index (κ3) is 2.78. The van der Waals surface area contributed by atoms with Gasteiger partial charge in [-0.05, 0) is 97.2 Å². The zero-order valence-electron chi connectivity index (χ0n) is 17.0. The molecule has 2 aromatic rings. The number of nitrogens with two attached hydrogens (primary N) is 1. The van der Waals surface area contributed by atoms with Crippen LogP contribution in [0.1, 0.15) is 49.8 Å². The first-order chi connectivity index (χ1) is 13.5. The lowest BCUT2D eigenvalue weighted by molar-refractivity contribution is -0.0616. The number of hydrogen-bond donors (Lipinski definition) is 1. The molecule has 2 aliphatic carbocycles. The third-order valence-electron chi connectivity index (χ3n) is 8.26. The summed E-state index contributed by atoms with van der Waals surface area (Å²) in [5, 5.41) is 0. The maximum Gasteiger partial charge on any atom is 0.123 e. The lowest BCUT2D eigenvalue weighted by Gasteiger charge is -2.61. The van der Waals surface area contributed by atoms with Gasteiger partial charge in [0.2, 0.25) is 0 Å². The summed E-state index contributed by atoms with van der Waals surface area (Å²) in [5.41, 5.74) is 11.6. The second kappa shape index (κ2) is 6.59. The summed E-state index contributed by atoms with van der Waals surface area (Å²) in [5.74, 6) is 1.36. The van der Waals surface area contributed by atoms with E-state index in [4.69, 9.17) is 5.73 Å². The van der Waals surface area contributed by atoms with E-state index in [1.54, 1.807) is 12.1 Å². The average Bonchev–Trinajstić information content (AvgIpc) is 2.69. The molecular formula is C25H31FN2. The third-order valence-corrected chi connectivity index (χ3v) is 8.26. The SMILES string of the molecule is CC1C2CCC3(C)c4cc(N)ccc4CC(C3C2)N1CCc1ccc(F)cc1. The van der Waals surface area contributed by atoms with E-state index in [1.807, 2.05) is 12.1 Å². The Balaban J connectivity index is 1.47. The van der Waals surface area contributed by atoms with E-state index in [0.29, 0.717) is 18.0 Å². The second-order valence-electron chi connectivity index (χ2n) is 9.60. The van der Waals surface area contributed by atoms with Crippen LogP contribution in [0.3, 0.4) is 0 Å². The first kappa shape index (κ1) is 18.2. The molecule has 1 aliphatic heterocycles. The molecule has 1 saturated heterocycles. The van der Waals surface area contributed by atoms with Gasteiger partial charge < -0.3 is 5.73 Å². The summed E-state index contributed by atoms with van der Waals surface area (Å²) in [4.78, 5) is 2.79. The second-order valence-corrected chi connectivity index (χ2v) is 9.60. The molecule has 3 heteroatoms. The first-order valence-electron chi connectivity index (χ1n) is 10.8. The van der Waals surface area contributed by atoms with Gasteiger partial charge in [0.15, 0.2) is 0 Å². The van der Waals surface area contributed by atoms with E-state index >= 15 is 0 Å². The smallest absolute Gasteiger partial charge is 0.123 e. The normalized spacial score (nSPS) is 34.1. The Hall–Kier alpha value is -1.87. The Morgan fingerprint density at radius 1 is 1.18 bits per heavy atom. The number of halogens is 1. The summed E-state index contributed by atoms with van der Waals surface area (Å²) in [6, 6.07) is 14.9. The molecule has 5 rings (SSSR count). The molecule has 2 aromatic carbocycles. The van der Waals surface area contributed by atoms with Gasteiger partial charge in [0.1, 0.15) is 5.82 Å². The number of nitrogens with zero attached hydrogens (tertiary/aromatic N) is 1. The minimum Gasteiger partial charge on any atom is -0.399 e. The van der Waals surface area contributed by atoms with Crippen LogP contribution in [0.4, 0.5) is 10.1 Å². The summed E-state index contributed by atoms with van der Waals surface area (Å²) in [7, 11) is 0. The topological polar surface area (TPSA) is 29.3 Å². The van der Waals surface area contributed by atoms with Crippen LogP contribution in [-0.4, -0.2) is 23.5 Å². The molecular weight excluding hydrogens is 347 g/mol. The molecule has 2 bridgehead atoms. The predicted molar refractivity (Wildman–Crippen MR) is 113 cm³/mol. The first-order valence-corrected chi connectivity index (χ1v) is 10.8. The van der Waals surface area contributed by atoms with Gasteiger partial charge in [0.25, 0.3) is 0 Å². The number of nitrogen functional groups attached to an aromatic ring is 1. The molecule has 5 unspecified atom stereocenters. The Kier molecular flexibility index (Phi) is 4.28. The lowest BCUT2D eigenvalue weighted by atomic mass is 9.52. The molecule has 2 nitrogen and oxygen atoms in total. The highest BCUT2D eigenvalue weighted by Gasteiger charge is 2.54. The van der Waals surface area contributed by atoms with E-state index in [-0.39, 0.29) is 11.2 Å². The zero-order valence-corrected chi connectivity index (χ0v) is 17.0. The van der Waals surface area contributed by atoms with Gasteiger partial charge in [0.05, 0.1) is 0 Å². The molecule has 0 aromatic heterocycles. The molecule has 3 aliphatic rings. The highest BCUT2D eigenvalue weighted by molar-refractivity contribution is 5.50. The van der Waals surface area contributed by atoms with Crippen molar-refractivity contribution in [2.45, 2.75) is 63.5 Å². The van der Waals surface area contributed by atoms with Gasteiger partial charge in [0, 0.05) is 24.3 Å². The number of piperidine rings is 1. The van der Waals surface area contributed by atoms with Gasteiger partial charge in [-0.1, -0.05) is 25.1 Å². The fourth-order valence-corrected chi connectivity index (χ4v) is 6.60. The van der Waals surface area contributed by atoms with Crippen molar-refractivity contribution in [3.05, 3.63) is 65.0 Å². The molecule has 2 fully saturated rings. The number of rotatable bonds is 3. The Bertz CT molecular complexity index is 877. The fourth-order valence-electron chi connectivity index (χ4n) is 6.60. The Labute approximate surface area is 167 Å². The molecule has 28 heavy (non-hydrogen) atoms. The van der Waals surface area contributed by atoms with E-state index in [1.165, 1.54) is 36.0 Å². The number of likely N-dealkylation sites (tertiary alicyclic amines) is 1. The van der Waals surface area contributed by atoms with Crippen LogP contribution < -0.4 is 5.73 Å². The van der Waals surface area contributed by atoms with Crippen LogP contribution in [0.5, 0.6) is 0 Å². The van der Waals surface area contributed by atoms with Gasteiger partial charge in [-0.3, -0.25) is 4.90 Å². The molecule has 0 radical (unpaired) electrons. The minimum absolute atomic E-state index is 0.149. The van der Waals surface area contributed by atoms with Crippen LogP contribution in [0.25, 0.3) is 0 Å². The van der Waals surface area contributed by atoms with Crippen LogP contribution in [-0.2, 0) is 18.3 Å². The van der Waals surface area contributed by atoms with Crippen molar-refractivity contribution in [2.24, 2.45) is 11.8 Å². The number of hydrogen-bond acceptors (Lipinski definition) is 2. The van der Waals surface area contributed by atoms with Gasteiger partial charge in [-0.2, -0.15) is 0 Å². The molecule has 0 spiro atoms. The van der Waals surface area contributed by atoms with Crippen molar-refractivity contribution in [2.75, 3.05) is 12.3 Å². The molecule has 1 heterocycles. The molecule has 0 amide bonds. The fraction of sp³-hybridized carbons (Fsp3) is 0.520. The van der Waals surface area contributed by atoms with Crippen LogP contribution >= 0.6 is 0 Å². The zero-order chi connectivity index (χ0) is 19.5. The maximum atomic E-state index is 13.3. The predicted octanol–water partition coefficient (Wildman–Crippen LogP) is 4.95. The minimum atomic E-state index is -0.149. The van der Waals surface area contributed by atoms with Crippen LogP contribution in [0.15, 0.2) is 42.5 Å². The molecule has 5 atom stereocenters. The summed E-state index contributed by atoms with van der Waals surface area (Å²) < 4.78 is 13.3. The standard InChI is InChI=1S/C25H31FN2/c1-16-18-9-11-25(2)22-15-21(27)8-5-19(22)14-24(23(25)13-18)28(16)12-10-17-3-6-20(26)7-4-17/h3-8,15-16,18,23-24H,9-14,27H2,1-2H3. The van der Waals surface area contributed by atoms with Crippen molar-refractivity contribution in [3.63, 3.8) is 0 Å². The summed E-state index contributed by atoms with van der Waals surface area (Å²) in [6.07, 6.45) is 6.07. The maximum absolute atomic E-state index is 13.3. The van der Waals surface area contributed by atoms with Gasteiger partial charge >= 0.3 is 0 Å². The van der Waals surface area contributed by atoms with Crippen molar-refractivity contribution in [1.82, 2.24) is 4.90 Å². The van der Waals surface area contributed by atoms with E-state index in [2.05, 4.69) is 36.9 Å². The van der Waals surface area contributed by atoms with Crippen molar-refractivity contribution in [1.29, 1.82) is 0 Å². The van der Waals surface area contributed by atoms with E-state index in [0.717, 1.165) is 31.0 Å². The molecule has 148 valence electrons. The Morgan fingerprint density at radius 3 is 2.75 bits per heavy atom. The van der Waals surface area contributed by atoms with Crippen molar-refractivity contribution in [3.8, 4) is 0 Å². The lowest BCUT2D eigenvalue weighted by Crippen LogP contribution is -2.63. The van der Waals surface area contributed by atoms with Crippen LogP contribution in [0, 0.1) is 17.7 Å². The quantitative estimate of drug-likeness (QED) is 0.766. The molecule has 1 saturated carbocycles. The summed E-state index contributed by atoms with van der Waals surface area (Å²) in [6.45, 7) is 5.99. The number of anilines is 1. The number of benzene rings is 2. The highest BCUT2D eigenvalue weighted by atomic mass is 19.1. The molecule has 2 N–H and O–H groups in total. The van der Waals surface area contributed by atoms with Crippen LogP contribution in [0.2, 0.25) is 0 Å². The van der Waals surface area contributed by atoms with E-state index < -0.39 is 0 Å². The average molecular weight is 379 g/mol. The monoisotopic (exact) mass is 378 g/mol. The van der Waals surface area contributed by atoms with E-state index in [9.17, 15) is 4.39 Å². The largest absolute Gasteiger partial charge is 0.399 e. The van der Waals surface area contributed by atoms with Gasteiger partial charge in [-0.15, -0.1) is 0 Å². The van der Waals surface area contributed by atoms with Gasteiger partial charge in [-0.25, -0.2) is 4.39 Å². The van der Waals surface area contributed by atoms with Crippen molar-refractivity contribution >= 4 is 5.69 Å². The number of fused-ring (bicyclic) bond motifs is 3. The highest BCUT2D eigenvalue weighted by Crippen LogP contribution is 2.56. The van der Waals surface area contributed by atoms with Crippen molar-refractivity contribution < 1.29 is 4.39 Å².